The van der Waals surface area contributed by atoms with Crippen molar-refractivity contribution in [1.82, 2.24) is 34.4 Å². The number of piperidine rings is 1. The molecule has 0 radical (unpaired) electrons. The molecule has 4 aromatic rings. The minimum absolute atomic E-state index is 0.0960. The van der Waals surface area contributed by atoms with E-state index in [1.54, 1.807) is 23.0 Å². The van der Waals surface area contributed by atoms with Crippen LogP contribution in [0.1, 0.15) is 38.6 Å². The van der Waals surface area contributed by atoms with Gasteiger partial charge in [0.15, 0.2) is 5.82 Å². The first-order chi connectivity index (χ1) is 16.9. The molecule has 35 heavy (non-hydrogen) atoms. The fourth-order valence-electron chi connectivity index (χ4n) is 4.64. The largest absolute Gasteiger partial charge is 0.388 e. The zero-order valence-corrected chi connectivity index (χ0v) is 19.7. The highest BCUT2D eigenvalue weighted by atomic mass is 16.3. The maximum atomic E-state index is 13.1. The van der Waals surface area contributed by atoms with Crippen molar-refractivity contribution < 1.29 is 5.11 Å². The lowest BCUT2D eigenvalue weighted by Crippen LogP contribution is -2.40. The Kier molecular flexibility index (Phi) is 5.89. The van der Waals surface area contributed by atoms with Crippen LogP contribution in [0.25, 0.3) is 33.2 Å². The predicted octanol–water partition coefficient (Wildman–Crippen LogP) is 2.39. The van der Waals surface area contributed by atoms with Gasteiger partial charge < -0.3 is 10.0 Å². The Morgan fingerprint density at radius 1 is 1.14 bits per heavy atom. The number of allylic oxidation sites excluding steroid dienone is 1. The van der Waals surface area contributed by atoms with Gasteiger partial charge in [0.25, 0.3) is 5.56 Å². The summed E-state index contributed by atoms with van der Waals surface area (Å²) in [4.78, 5) is 48.1. The second-order valence-corrected chi connectivity index (χ2v) is 9.12. The number of likely N-dealkylation sites (tertiary alicyclic amines) is 1. The number of hydrogen-bond acceptors (Lipinski definition) is 8. The van der Waals surface area contributed by atoms with Gasteiger partial charge in [-0.1, -0.05) is 20.4 Å². The lowest BCUT2D eigenvalue weighted by molar-refractivity contribution is 0.214. The number of aromatic amines is 1. The maximum Gasteiger partial charge on any atom is 0.329 e. The molecule has 1 saturated heterocycles. The van der Waals surface area contributed by atoms with Crippen LogP contribution in [0.3, 0.4) is 0 Å². The Labute approximate surface area is 201 Å². The second kappa shape index (κ2) is 9.03. The first-order valence-electron chi connectivity index (χ1n) is 11.7. The first kappa shape index (κ1) is 22.9. The van der Waals surface area contributed by atoms with Gasteiger partial charge in [0.05, 0.1) is 22.1 Å². The smallest absolute Gasteiger partial charge is 0.329 e. The summed E-state index contributed by atoms with van der Waals surface area (Å²) in [6, 6.07) is 3.51. The standard InChI is InChI=1S/C25H27N7O3/c1-14(2)15(3)31-8-6-17(7-9-31)32-23-18(24(34)30-25(32)35)12-26-20-5-4-19(29-22(20)23)16-10-27-21(13-33)28-11-16/h4-5,10-12,14,17,33H,3,6-9,13H2,1-2H3,(H,30,34,35). The molecule has 10 heteroatoms. The van der Waals surface area contributed by atoms with E-state index in [1.807, 2.05) is 6.07 Å². The van der Waals surface area contributed by atoms with Gasteiger partial charge in [0.1, 0.15) is 12.1 Å². The van der Waals surface area contributed by atoms with Crippen molar-refractivity contribution in [3.63, 3.8) is 0 Å². The number of nitrogens with one attached hydrogen (secondary N) is 1. The number of pyridine rings is 2. The van der Waals surface area contributed by atoms with Crippen LogP contribution in [0.5, 0.6) is 0 Å². The highest BCUT2D eigenvalue weighted by Crippen LogP contribution is 2.30. The minimum atomic E-state index is -0.482. The van der Waals surface area contributed by atoms with Crippen molar-refractivity contribution in [2.24, 2.45) is 5.92 Å². The van der Waals surface area contributed by atoms with Crippen molar-refractivity contribution in [3.05, 3.63) is 69.7 Å². The van der Waals surface area contributed by atoms with Crippen LogP contribution in [0.2, 0.25) is 0 Å². The number of nitrogens with zero attached hydrogens (tertiary/aromatic N) is 6. The molecule has 0 aliphatic carbocycles. The van der Waals surface area contributed by atoms with Crippen molar-refractivity contribution >= 4 is 21.9 Å². The van der Waals surface area contributed by atoms with Crippen LogP contribution in [0, 0.1) is 5.92 Å². The van der Waals surface area contributed by atoms with Crippen molar-refractivity contribution in [1.29, 1.82) is 0 Å². The Morgan fingerprint density at radius 3 is 2.51 bits per heavy atom. The lowest BCUT2D eigenvalue weighted by atomic mass is 10.0. The number of aromatic nitrogens is 6. The summed E-state index contributed by atoms with van der Waals surface area (Å²) in [7, 11) is 0. The monoisotopic (exact) mass is 473 g/mol. The van der Waals surface area contributed by atoms with Crippen LogP contribution in [0.15, 0.2) is 52.6 Å². The number of aliphatic hydroxyl groups excluding tert-OH is 1. The highest BCUT2D eigenvalue weighted by Gasteiger charge is 2.26. The van der Waals surface area contributed by atoms with Crippen LogP contribution < -0.4 is 11.2 Å². The lowest BCUT2D eigenvalue weighted by Gasteiger charge is -2.37. The van der Waals surface area contributed by atoms with E-state index in [9.17, 15) is 14.7 Å². The average molecular weight is 474 g/mol. The van der Waals surface area contributed by atoms with Gasteiger partial charge >= 0.3 is 5.69 Å². The SMILES string of the molecule is C=C(C(C)C)N1CCC(n2c(=O)[nH]c(=O)c3cnc4ccc(-c5cnc(CO)nc5)nc4c32)CC1. The molecule has 1 fully saturated rings. The molecule has 0 unspecified atom stereocenters. The van der Waals surface area contributed by atoms with E-state index in [4.69, 9.17) is 4.98 Å². The quantitative estimate of drug-likeness (QED) is 0.423. The molecule has 5 heterocycles. The van der Waals surface area contributed by atoms with Gasteiger partial charge in [0.2, 0.25) is 0 Å². The Balaban J connectivity index is 1.65. The van der Waals surface area contributed by atoms with Crippen molar-refractivity contribution in [2.75, 3.05) is 13.1 Å². The second-order valence-electron chi connectivity index (χ2n) is 9.12. The number of fused-ring (bicyclic) bond motifs is 3. The number of hydrogen-bond donors (Lipinski definition) is 2. The van der Waals surface area contributed by atoms with Crippen molar-refractivity contribution in [3.8, 4) is 11.3 Å². The average Bonchev–Trinajstić information content (AvgIpc) is 2.88. The van der Waals surface area contributed by atoms with Gasteiger partial charge in [-0.3, -0.25) is 19.3 Å². The van der Waals surface area contributed by atoms with E-state index in [-0.39, 0.29) is 12.6 Å². The number of rotatable bonds is 5. The van der Waals surface area contributed by atoms with Gasteiger partial charge in [-0.15, -0.1) is 0 Å². The summed E-state index contributed by atoms with van der Waals surface area (Å²) in [6.45, 7) is 9.77. The zero-order chi connectivity index (χ0) is 24.7. The van der Waals surface area contributed by atoms with Gasteiger partial charge in [-0.2, -0.15) is 0 Å². The molecule has 0 aromatic carbocycles. The van der Waals surface area contributed by atoms with Crippen LogP contribution in [0.4, 0.5) is 0 Å². The fraction of sp³-hybridized carbons (Fsp3) is 0.360. The molecule has 0 amide bonds. The van der Waals surface area contributed by atoms with E-state index >= 15 is 0 Å². The summed E-state index contributed by atoms with van der Waals surface area (Å²) >= 11 is 0. The summed E-state index contributed by atoms with van der Waals surface area (Å²) in [5.41, 5.74) is 2.95. The normalized spacial score (nSPS) is 14.8. The van der Waals surface area contributed by atoms with Gasteiger partial charge in [-0.25, -0.2) is 19.7 Å². The summed E-state index contributed by atoms with van der Waals surface area (Å²) < 4.78 is 1.68. The van der Waals surface area contributed by atoms with Crippen LogP contribution >= 0.6 is 0 Å². The van der Waals surface area contributed by atoms with Gasteiger partial charge in [-0.05, 0) is 30.9 Å². The number of H-pyrrole nitrogens is 1. The summed E-state index contributed by atoms with van der Waals surface area (Å²) in [5.74, 6) is 0.671. The molecule has 2 N–H and O–H groups in total. The van der Waals surface area contributed by atoms with Crippen LogP contribution in [-0.2, 0) is 6.61 Å². The molecule has 1 aliphatic rings. The minimum Gasteiger partial charge on any atom is -0.388 e. The molecule has 1 aliphatic heterocycles. The molecule has 180 valence electrons. The van der Waals surface area contributed by atoms with Crippen molar-refractivity contribution in [2.45, 2.75) is 39.3 Å². The topological polar surface area (TPSA) is 130 Å². The predicted molar refractivity (Wildman–Crippen MR) is 133 cm³/mol. The third kappa shape index (κ3) is 4.10. The molecular formula is C25H27N7O3. The van der Waals surface area contributed by atoms with E-state index in [1.165, 1.54) is 6.20 Å². The highest BCUT2D eigenvalue weighted by molar-refractivity contribution is 6.01. The Bertz CT molecular complexity index is 1530. The molecule has 10 nitrogen and oxygen atoms in total. The molecule has 5 rings (SSSR count). The molecule has 4 aromatic heterocycles. The molecule has 0 saturated carbocycles. The Morgan fingerprint density at radius 2 is 1.86 bits per heavy atom. The fourth-order valence-corrected chi connectivity index (χ4v) is 4.64. The third-order valence-corrected chi connectivity index (χ3v) is 6.66. The first-order valence-corrected chi connectivity index (χ1v) is 11.7. The van der Waals surface area contributed by atoms with Gasteiger partial charge in [0, 0.05) is 49.0 Å². The molecule has 0 bridgehead atoms. The number of aliphatic hydroxyl groups is 1. The zero-order valence-electron chi connectivity index (χ0n) is 19.7. The third-order valence-electron chi connectivity index (χ3n) is 6.66. The molecule has 0 spiro atoms. The van der Waals surface area contributed by atoms with E-state index in [0.29, 0.717) is 44.9 Å². The van der Waals surface area contributed by atoms with E-state index in [0.717, 1.165) is 31.6 Å². The van der Waals surface area contributed by atoms with Crippen LogP contribution in [-0.4, -0.2) is 52.6 Å². The summed E-state index contributed by atoms with van der Waals surface area (Å²) in [5, 5.41) is 9.54. The maximum absolute atomic E-state index is 13.1. The summed E-state index contributed by atoms with van der Waals surface area (Å²) in [6.07, 6.45) is 6.16. The van der Waals surface area contributed by atoms with E-state index in [2.05, 4.69) is 45.3 Å². The van der Waals surface area contributed by atoms with E-state index < -0.39 is 11.2 Å². The molecular weight excluding hydrogens is 446 g/mol. The Hall–Kier alpha value is -3.92. The molecule has 0 atom stereocenters.